The van der Waals surface area contributed by atoms with E-state index in [1.165, 1.54) is 6.07 Å². The minimum Gasteiger partial charge on any atom is -0.480 e. The third-order valence-electron chi connectivity index (χ3n) is 5.62. The highest BCUT2D eigenvalue weighted by molar-refractivity contribution is 5.88. The van der Waals surface area contributed by atoms with E-state index in [9.17, 15) is 9.59 Å². The molecular weight excluding hydrogens is 380 g/mol. The van der Waals surface area contributed by atoms with Gasteiger partial charge in [-0.15, -0.1) is 0 Å². The van der Waals surface area contributed by atoms with Crippen LogP contribution in [0.15, 0.2) is 27.4 Å². The number of ether oxygens (including phenoxy) is 1. The van der Waals surface area contributed by atoms with Gasteiger partial charge in [0.25, 0.3) is 5.91 Å². The summed E-state index contributed by atoms with van der Waals surface area (Å²) >= 11 is 0. The molecule has 3 rings (SSSR count). The largest absolute Gasteiger partial charge is 0.480 e. The summed E-state index contributed by atoms with van der Waals surface area (Å²) in [5.74, 6) is 0.429. The number of benzene rings is 1. The molecule has 0 saturated carbocycles. The van der Waals surface area contributed by atoms with E-state index in [1.807, 2.05) is 26.0 Å². The lowest BCUT2D eigenvalue weighted by Crippen LogP contribution is -2.62. The maximum absolute atomic E-state index is 12.9. The zero-order chi connectivity index (χ0) is 22.3. The van der Waals surface area contributed by atoms with Crippen LogP contribution in [0.5, 0.6) is 5.75 Å². The van der Waals surface area contributed by atoms with Crippen molar-refractivity contribution in [1.29, 1.82) is 0 Å². The van der Waals surface area contributed by atoms with E-state index in [1.54, 1.807) is 6.92 Å². The van der Waals surface area contributed by atoms with Gasteiger partial charge in [-0.05, 0) is 84.1 Å². The Morgan fingerprint density at radius 2 is 1.87 bits per heavy atom. The van der Waals surface area contributed by atoms with Gasteiger partial charge in [0.15, 0.2) is 6.10 Å². The minimum atomic E-state index is -0.673. The summed E-state index contributed by atoms with van der Waals surface area (Å²) < 4.78 is 11.5. The van der Waals surface area contributed by atoms with Crippen LogP contribution < -0.4 is 21.0 Å². The highest BCUT2D eigenvalue weighted by atomic mass is 16.5. The van der Waals surface area contributed by atoms with E-state index in [0.717, 1.165) is 29.4 Å². The van der Waals surface area contributed by atoms with Gasteiger partial charge in [0.2, 0.25) is 0 Å². The van der Waals surface area contributed by atoms with Gasteiger partial charge in [-0.2, -0.15) is 0 Å². The van der Waals surface area contributed by atoms with Crippen LogP contribution in [0.3, 0.4) is 0 Å². The Morgan fingerprint density at radius 1 is 1.23 bits per heavy atom. The van der Waals surface area contributed by atoms with Crippen LogP contribution in [0.4, 0.5) is 0 Å². The summed E-state index contributed by atoms with van der Waals surface area (Å²) in [7, 11) is 0. The van der Waals surface area contributed by atoms with Gasteiger partial charge in [-0.3, -0.25) is 4.79 Å². The molecule has 1 atom stereocenters. The van der Waals surface area contributed by atoms with E-state index >= 15 is 0 Å². The fraction of sp³-hybridized carbons (Fsp3) is 0.583. The first-order valence-electron chi connectivity index (χ1n) is 10.7. The first-order valence-corrected chi connectivity index (χ1v) is 10.7. The fourth-order valence-corrected chi connectivity index (χ4v) is 4.83. The molecule has 30 heavy (non-hydrogen) atoms. The Bertz CT molecular complexity index is 990. The maximum Gasteiger partial charge on any atom is 0.336 e. The molecule has 0 unspecified atom stereocenters. The highest BCUT2D eigenvalue weighted by Crippen LogP contribution is 2.32. The van der Waals surface area contributed by atoms with Gasteiger partial charge >= 0.3 is 5.63 Å². The van der Waals surface area contributed by atoms with Crippen molar-refractivity contribution in [3.63, 3.8) is 0 Å². The standard InChI is InChI=1S/C24H34N2O4/c1-8-16-11-20(27)30-19-10-14(2)9-18(21(16)19)29-15(3)22(28)25-17-12-23(4,5)26-24(6,7)13-17/h9-11,15,17,26H,8,12-13H2,1-7H3,(H,25,28)/t15-/m0/s1. The fourth-order valence-electron chi connectivity index (χ4n) is 4.83. The first-order chi connectivity index (χ1) is 13.9. The molecule has 1 aromatic heterocycles. The van der Waals surface area contributed by atoms with Crippen molar-refractivity contribution in [2.24, 2.45) is 0 Å². The molecule has 2 aromatic rings. The topological polar surface area (TPSA) is 80.6 Å². The van der Waals surface area contributed by atoms with Crippen molar-refractivity contribution >= 4 is 16.9 Å². The van der Waals surface area contributed by atoms with Crippen LogP contribution in [-0.4, -0.2) is 29.1 Å². The molecular formula is C24H34N2O4. The molecule has 1 amide bonds. The van der Waals surface area contributed by atoms with Gasteiger partial charge in [0.05, 0.1) is 5.39 Å². The van der Waals surface area contributed by atoms with Gasteiger partial charge < -0.3 is 19.8 Å². The highest BCUT2D eigenvalue weighted by Gasteiger charge is 2.38. The number of carbonyl (C=O) groups excluding carboxylic acids is 1. The van der Waals surface area contributed by atoms with E-state index < -0.39 is 6.10 Å². The molecule has 1 fully saturated rings. The van der Waals surface area contributed by atoms with Crippen molar-refractivity contribution in [1.82, 2.24) is 10.6 Å². The quantitative estimate of drug-likeness (QED) is 0.726. The lowest BCUT2D eigenvalue weighted by molar-refractivity contribution is -0.128. The molecule has 1 aromatic carbocycles. The van der Waals surface area contributed by atoms with Gasteiger partial charge in [0, 0.05) is 23.2 Å². The van der Waals surface area contributed by atoms with Crippen LogP contribution in [-0.2, 0) is 11.2 Å². The first kappa shape index (κ1) is 22.3. The molecule has 6 nitrogen and oxygen atoms in total. The number of piperidine rings is 1. The van der Waals surface area contributed by atoms with Crippen LogP contribution in [0.25, 0.3) is 11.0 Å². The Balaban J connectivity index is 1.82. The van der Waals surface area contributed by atoms with Crippen LogP contribution in [0.2, 0.25) is 0 Å². The zero-order valence-corrected chi connectivity index (χ0v) is 19.1. The number of aryl methyl sites for hydroxylation is 2. The molecule has 0 spiro atoms. The summed E-state index contributed by atoms with van der Waals surface area (Å²) in [6, 6.07) is 5.29. The summed E-state index contributed by atoms with van der Waals surface area (Å²) in [5.41, 5.74) is 1.77. The molecule has 1 saturated heterocycles. The van der Waals surface area contributed by atoms with Crippen LogP contribution >= 0.6 is 0 Å². The predicted molar refractivity (Wildman–Crippen MR) is 119 cm³/mol. The number of carbonyl (C=O) groups is 1. The molecule has 164 valence electrons. The lowest BCUT2D eigenvalue weighted by Gasteiger charge is -2.46. The number of rotatable bonds is 5. The van der Waals surface area contributed by atoms with Crippen LogP contribution in [0, 0.1) is 6.92 Å². The second-order valence-corrected chi connectivity index (χ2v) is 9.85. The minimum absolute atomic E-state index is 0.0515. The Kier molecular flexibility index (Phi) is 6.01. The molecule has 2 N–H and O–H groups in total. The second-order valence-electron chi connectivity index (χ2n) is 9.85. The normalized spacial score (nSPS) is 19.4. The predicted octanol–water partition coefficient (Wildman–Crippen LogP) is 3.86. The lowest BCUT2D eigenvalue weighted by atomic mass is 9.79. The van der Waals surface area contributed by atoms with Crippen molar-refractivity contribution < 1.29 is 13.9 Å². The molecule has 0 bridgehead atoms. The van der Waals surface area contributed by atoms with Crippen molar-refractivity contribution in [3.05, 3.63) is 39.7 Å². The van der Waals surface area contributed by atoms with Gasteiger partial charge in [0.1, 0.15) is 11.3 Å². The summed E-state index contributed by atoms with van der Waals surface area (Å²) in [6.45, 7) is 14.3. The smallest absolute Gasteiger partial charge is 0.336 e. The van der Waals surface area contributed by atoms with Crippen molar-refractivity contribution in [3.8, 4) is 5.75 Å². The number of nitrogens with one attached hydrogen (secondary N) is 2. The molecule has 0 radical (unpaired) electrons. The zero-order valence-electron chi connectivity index (χ0n) is 19.1. The van der Waals surface area contributed by atoms with Gasteiger partial charge in [-0.25, -0.2) is 4.79 Å². The number of amides is 1. The van der Waals surface area contributed by atoms with E-state index in [4.69, 9.17) is 9.15 Å². The van der Waals surface area contributed by atoms with E-state index in [2.05, 4.69) is 38.3 Å². The number of hydrogen-bond donors (Lipinski definition) is 2. The summed E-state index contributed by atoms with van der Waals surface area (Å²) in [4.78, 5) is 24.8. The molecule has 2 heterocycles. The number of hydrogen-bond acceptors (Lipinski definition) is 5. The van der Waals surface area contributed by atoms with Gasteiger partial charge in [-0.1, -0.05) is 6.92 Å². The average Bonchev–Trinajstić information content (AvgIpc) is 2.57. The van der Waals surface area contributed by atoms with Crippen LogP contribution in [0.1, 0.15) is 65.5 Å². The molecule has 0 aliphatic carbocycles. The summed E-state index contributed by atoms with van der Waals surface area (Å²) in [6.07, 6.45) is 1.70. The molecule has 6 heteroatoms. The van der Waals surface area contributed by atoms with E-state index in [-0.39, 0.29) is 28.7 Å². The van der Waals surface area contributed by atoms with Crippen molar-refractivity contribution in [2.75, 3.05) is 0 Å². The van der Waals surface area contributed by atoms with Crippen molar-refractivity contribution in [2.45, 2.75) is 91.0 Å². The average molecular weight is 415 g/mol. The third kappa shape index (κ3) is 5.04. The SMILES string of the molecule is CCc1cc(=O)oc2cc(C)cc(O[C@@H](C)C(=O)NC3CC(C)(C)NC(C)(C)C3)c12. The molecule has 1 aliphatic rings. The Hall–Kier alpha value is -2.34. The second kappa shape index (κ2) is 8.06. The third-order valence-corrected chi connectivity index (χ3v) is 5.62. The summed E-state index contributed by atoms with van der Waals surface area (Å²) in [5, 5.41) is 7.56. The molecule has 1 aliphatic heterocycles. The number of fused-ring (bicyclic) bond motifs is 1. The Morgan fingerprint density at radius 3 is 2.47 bits per heavy atom. The Labute approximate surface area is 178 Å². The van der Waals surface area contributed by atoms with E-state index in [0.29, 0.717) is 17.8 Å². The maximum atomic E-state index is 12.9. The monoisotopic (exact) mass is 414 g/mol.